The molecule has 0 aliphatic carbocycles. The van der Waals surface area contributed by atoms with Crippen LogP contribution in [0.5, 0.6) is 0 Å². The fraction of sp³-hybridized carbons (Fsp3) is 0.583. The number of phosphoric ester groups is 1. The van der Waals surface area contributed by atoms with Crippen molar-refractivity contribution < 1.29 is 33.8 Å². The number of phosphoric acid groups is 1. The van der Waals surface area contributed by atoms with Crippen LogP contribution in [0.1, 0.15) is 6.23 Å². The number of rotatable bonds is 5. The van der Waals surface area contributed by atoms with E-state index in [2.05, 4.69) is 19.5 Å². The number of H-pyrrole nitrogens is 1. The van der Waals surface area contributed by atoms with Gasteiger partial charge in [0.15, 0.2) is 17.4 Å². The van der Waals surface area contributed by atoms with Crippen molar-refractivity contribution >= 4 is 24.9 Å². The zero-order valence-corrected chi connectivity index (χ0v) is 14.6. The summed E-state index contributed by atoms with van der Waals surface area (Å²) >= 11 is 0. The molecular weight excluding hydrogens is 373 g/mol. The molecular formula is C12H18N5O8P. The quantitative estimate of drug-likeness (QED) is 0.352. The van der Waals surface area contributed by atoms with E-state index in [-0.39, 0.29) is 17.1 Å². The van der Waals surface area contributed by atoms with Gasteiger partial charge in [0, 0.05) is 14.1 Å². The summed E-state index contributed by atoms with van der Waals surface area (Å²) in [5.74, 6) is 0.249. The Morgan fingerprint density at radius 2 is 2.08 bits per heavy atom. The molecule has 2 aromatic heterocycles. The summed E-state index contributed by atoms with van der Waals surface area (Å²) in [6.07, 6.45) is -4.08. The van der Waals surface area contributed by atoms with Crippen LogP contribution in [0.2, 0.25) is 0 Å². The minimum absolute atomic E-state index is 0.0100. The standard InChI is InChI=1S/C12H18N5O8P/c1-16(2)12-14-9-6(10(20)15-12)13-4-17(9)11-8(19)7(18)5(25-11)3-24-26(21,22)23/h4-5,7-8,11,18-19H,3H2,1-2H3,(H,14,15,20)(H2,21,22,23)/t5-,7-,8-,11-/m1/s1. The molecule has 13 nitrogen and oxygen atoms in total. The average molecular weight is 391 g/mol. The number of aliphatic hydroxyl groups is 2. The molecule has 3 heterocycles. The average Bonchev–Trinajstić information content (AvgIpc) is 3.08. The molecule has 3 rings (SSSR count). The van der Waals surface area contributed by atoms with E-state index < -0.39 is 44.5 Å². The Kier molecular flexibility index (Phi) is 4.88. The lowest BCUT2D eigenvalue weighted by atomic mass is 10.1. The molecule has 0 bridgehead atoms. The number of nitrogens with one attached hydrogen (secondary N) is 1. The van der Waals surface area contributed by atoms with E-state index in [0.29, 0.717) is 0 Å². The molecule has 14 heteroatoms. The van der Waals surface area contributed by atoms with E-state index >= 15 is 0 Å². The van der Waals surface area contributed by atoms with Crippen LogP contribution in [-0.4, -0.2) is 78.5 Å². The first-order chi connectivity index (χ1) is 12.1. The van der Waals surface area contributed by atoms with Gasteiger partial charge in [-0.1, -0.05) is 0 Å². The second-order valence-electron chi connectivity index (χ2n) is 5.94. The number of aromatic amines is 1. The van der Waals surface area contributed by atoms with Gasteiger partial charge in [0.1, 0.15) is 18.3 Å². The van der Waals surface area contributed by atoms with Crippen molar-refractivity contribution in [3.8, 4) is 0 Å². The fourth-order valence-corrected chi connectivity index (χ4v) is 2.92. The maximum atomic E-state index is 12.1. The van der Waals surface area contributed by atoms with Gasteiger partial charge in [-0.3, -0.25) is 18.9 Å². The predicted octanol–water partition coefficient (Wildman–Crippen LogP) is -2.09. The Balaban J connectivity index is 1.93. The van der Waals surface area contributed by atoms with Crippen LogP contribution in [0.15, 0.2) is 11.1 Å². The number of imidazole rings is 1. The van der Waals surface area contributed by atoms with Crippen molar-refractivity contribution in [1.29, 1.82) is 0 Å². The smallest absolute Gasteiger partial charge is 0.387 e. The van der Waals surface area contributed by atoms with Gasteiger partial charge in [-0.15, -0.1) is 0 Å². The molecule has 26 heavy (non-hydrogen) atoms. The number of aliphatic hydroxyl groups excluding tert-OH is 2. The molecule has 0 radical (unpaired) electrons. The van der Waals surface area contributed by atoms with E-state index in [1.807, 2.05) is 0 Å². The maximum absolute atomic E-state index is 12.1. The first kappa shape index (κ1) is 18.9. The van der Waals surface area contributed by atoms with Crippen molar-refractivity contribution in [2.45, 2.75) is 24.5 Å². The summed E-state index contributed by atoms with van der Waals surface area (Å²) in [5, 5.41) is 20.3. The van der Waals surface area contributed by atoms with Crippen LogP contribution in [-0.2, 0) is 13.8 Å². The monoisotopic (exact) mass is 391 g/mol. The van der Waals surface area contributed by atoms with Crippen LogP contribution in [0.3, 0.4) is 0 Å². The number of ether oxygens (including phenoxy) is 1. The van der Waals surface area contributed by atoms with Gasteiger partial charge in [-0.25, -0.2) is 9.55 Å². The minimum Gasteiger partial charge on any atom is -0.387 e. The Hall–Kier alpha value is -1.86. The number of nitrogens with zero attached hydrogens (tertiary/aromatic N) is 4. The lowest BCUT2D eigenvalue weighted by Gasteiger charge is -2.17. The second kappa shape index (κ2) is 6.70. The number of hydrogen-bond donors (Lipinski definition) is 5. The third kappa shape index (κ3) is 3.50. The van der Waals surface area contributed by atoms with E-state index in [4.69, 9.17) is 14.5 Å². The SMILES string of the molecule is CN(C)c1nc2c(ncn2[C@@H]2O[C@H](COP(=O)(O)O)[C@@H](O)[C@H]2O)c(=O)[nH]1. The Labute approximate surface area is 146 Å². The fourth-order valence-electron chi connectivity index (χ4n) is 2.58. The molecule has 0 amide bonds. The molecule has 0 saturated carbocycles. The van der Waals surface area contributed by atoms with Gasteiger partial charge in [0.25, 0.3) is 5.56 Å². The van der Waals surface area contributed by atoms with Gasteiger partial charge >= 0.3 is 7.82 Å². The normalized spacial score (nSPS) is 26.5. The van der Waals surface area contributed by atoms with Crippen molar-refractivity contribution in [3.63, 3.8) is 0 Å². The highest BCUT2D eigenvalue weighted by Crippen LogP contribution is 2.38. The highest BCUT2D eigenvalue weighted by molar-refractivity contribution is 7.46. The third-order valence-corrected chi connectivity index (χ3v) is 4.35. The van der Waals surface area contributed by atoms with E-state index in [1.165, 1.54) is 10.9 Å². The van der Waals surface area contributed by atoms with Crippen molar-refractivity contribution in [2.24, 2.45) is 0 Å². The molecule has 0 unspecified atom stereocenters. The minimum atomic E-state index is -4.76. The van der Waals surface area contributed by atoms with Gasteiger partial charge in [0.2, 0.25) is 5.95 Å². The summed E-state index contributed by atoms with van der Waals surface area (Å²) < 4.78 is 21.9. The molecule has 2 aromatic rings. The van der Waals surface area contributed by atoms with Crippen LogP contribution in [0.25, 0.3) is 11.2 Å². The summed E-state index contributed by atoms with van der Waals surface area (Å²) in [7, 11) is -1.42. The zero-order valence-electron chi connectivity index (χ0n) is 13.8. The van der Waals surface area contributed by atoms with Crippen molar-refractivity contribution in [3.05, 3.63) is 16.7 Å². The number of hydrogen-bond acceptors (Lipinski definition) is 9. The Morgan fingerprint density at radius 3 is 2.69 bits per heavy atom. The summed E-state index contributed by atoms with van der Waals surface area (Å²) in [6.45, 7) is -0.636. The van der Waals surface area contributed by atoms with Gasteiger partial charge in [0.05, 0.1) is 12.9 Å². The zero-order chi connectivity index (χ0) is 19.2. The van der Waals surface area contributed by atoms with Crippen LogP contribution in [0.4, 0.5) is 5.95 Å². The van der Waals surface area contributed by atoms with Gasteiger partial charge in [-0.2, -0.15) is 4.98 Å². The van der Waals surface area contributed by atoms with Crippen molar-refractivity contribution in [1.82, 2.24) is 19.5 Å². The number of fused-ring (bicyclic) bond motifs is 1. The maximum Gasteiger partial charge on any atom is 0.469 e. The Morgan fingerprint density at radius 1 is 1.38 bits per heavy atom. The van der Waals surface area contributed by atoms with E-state index in [0.717, 1.165) is 0 Å². The molecule has 1 saturated heterocycles. The van der Waals surface area contributed by atoms with Crippen molar-refractivity contribution in [2.75, 3.05) is 25.6 Å². The molecule has 1 fully saturated rings. The van der Waals surface area contributed by atoms with Gasteiger partial charge in [-0.05, 0) is 0 Å². The summed E-state index contributed by atoms with van der Waals surface area (Å²) in [6, 6.07) is 0. The molecule has 0 spiro atoms. The number of aromatic nitrogens is 4. The largest absolute Gasteiger partial charge is 0.469 e. The molecule has 0 aromatic carbocycles. The topological polar surface area (TPSA) is 183 Å². The lowest BCUT2D eigenvalue weighted by Crippen LogP contribution is -2.33. The highest BCUT2D eigenvalue weighted by Gasteiger charge is 2.45. The van der Waals surface area contributed by atoms with Crippen LogP contribution >= 0.6 is 7.82 Å². The summed E-state index contributed by atoms with van der Waals surface area (Å²) in [4.78, 5) is 41.9. The molecule has 4 atom stereocenters. The highest BCUT2D eigenvalue weighted by atomic mass is 31.2. The van der Waals surface area contributed by atoms with Gasteiger partial charge < -0.3 is 29.6 Å². The lowest BCUT2D eigenvalue weighted by molar-refractivity contribution is -0.0503. The van der Waals surface area contributed by atoms with E-state index in [1.54, 1.807) is 19.0 Å². The van der Waals surface area contributed by atoms with E-state index in [9.17, 15) is 19.6 Å². The molecule has 5 N–H and O–H groups in total. The second-order valence-corrected chi connectivity index (χ2v) is 7.18. The molecule has 144 valence electrons. The Bertz CT molecular complexity index is 907. The van der Waals surface area contributed by atoms with Crippen LogP contribution < -0.4 is 10.5 Å². The molecule has 1 aliphatic rings. The first-order valence-corrected chi connectivity index (χ1v) is 8.97. The number of anilines is 1. The van der Waals surface area contributed by atoms with Crippen LogP contribution in [0, 0.1) is 0 Å². The predicted molar refractivity (Wildman–Crippen MR) is 86.4 cm³/mol. The first-order valence-electron chi connectivity index (χ1n) is 7.44. The summed E-state index contributed by atoms with van der Waals surface area (Å²) in [5.41, 5.74) is -0.368. The third-order valence-electron chi connectivity index (χ3n) is 3.86. The molecule has 1 aliphatic heterocycles.